The maximum absolute atomic E-state index is 10.1. The van der Waals surface area contributed by atoms with Gasteiger partial charge in [0.25, 0.3) is 5.96 Å². The standard InChI is InChI=1S/C8H9ClN5O2/c9-7-3-1-6(2-4-7)5-11-12-8(10)13-14(15)16/h1-5H,(H,15,16)(H3,10,12,13)/q+1/b11-5+. The normalized spacial score (nSPS) is 11.7. The first kappa shape index (κ1) is 11.9. The Hall–Kier alpha value is -2.15. The number of benzene rings is 1. The van der Waals surface area contributed by atoms with Crippen molar-refractivity contribution < 1.29 is 10.2 Å². The number of halogens is 1. The average Bonchev–Trinajstić information content (AvgIpc) is 2.20. The zero-order valence-electron chi connectivity index (χ0n) is 8.04. The molecule has 0 unspecified atom stereocenters. The smallest absolute Gasteiger partial charge is 0.362 e. The third-order valence-electron chi connectivity index (χ3n) is 1.45. The summed E-state index contributed by atoms with van der Waals surface area (Å²) in [5.74, 6) is -0.331. The zero-order chi connectivity index (χ0) is 12.0. The summed E-state index contributed by atoms with van der Waals surface area (Å²) in [5.41, 5.74) is 7.70. The van der Waals surface area contributed by atoms with E-state index in [-0.39, 0.29) is 5.96 Å². The largest absolute Gasteiger partial charge is 0.364 e. The quantitative estimate of drug-likeness (QED) is 0.412. The van der Waals surface area contributed by atoms with Crippen molar-refractivity contribution in [2.24, 2.45) is 15.9 Å². The van der Waals surface area contributed by atoms with Crippen LogP contribution in [0.1, 0.15) is 5.56 Å². The van der Waals surface area contributed by atoms with Crippen LogP contribution in [0.2, 0.25) is 5.02 Å². The fraction of sp³-hybridized carbons (Fsp3) is 0. The van der Waals surface area contributed by atoms with Crippen molar-refractivity contribution in [2.75, 3.05) is 0 Å². The molecule has 0 bridgehead atoms. The van der Waals surface area contributed by atoms with E-state index in [1.807, 2.05) is 0 Å². The van der Waals surface area contributed by atoms with Crippen LogP contribution in [0.4, 0.5) is 0 Å². The summed E-state index contributed by atoms with van der Waals surface area (Å²) >= 11 is 5.68. The topological polar surface area (TPSA) is 103 Å². The van der Waals surface area contributed by atoms with Crippen molar-refractivity contribution in [3.8, 4) is 0 Å². The van der Waals surface area contributed by atoms with E-state index in [0.717, 1.165) is 5.56 Å². The predicted octanol–water partition coefficient (Wildman–Crippen LogP) is 0.661. The second-order valence-corrected chi connectivity index (χ2v) is 3.10. The summed E-state index contributed by atoms with van der Waals surface area (Å²) < 4.78 is 0. The lowest BCUT2D eigenvalue weighted by atomic mass is 10.2. The van der Waals surface area contributed by atoms with E-state index in [1.165, 1.54) is 6.21 Å². The van der Waals surface area contributed by atoms with Crippen LogP contribution in [0.15, 0.2) is 34.5 Å². The monoisotopic (exact) mass is 242 g/mol. The number of guanidine groups is 1. The Morgan fingerprint density at radius 1 is 1.50 bits per heavy atom. The highest BCUT2D eigenvalue weighted by Crippen LogP contribution is 2.07. The summed E-state index contributed by atoms with van der Waals surface area (Å²) in [4.78, 5) is 10.1. The molecule has 0 amide bonds. The number of hydrogen-bond acceptors (Lipinski definition) is 3. The van der Waals surface area contributed by atoms with Crippen molar-refractivity contribution in [1.29, 1.82) is 0 Å². The van der Waals surface area contributed by atoms with E-state index in [1.54, 1.807) is 29.7 Å². The van der Waals surface area contributed by atoms with Gasteiger partial charge >= 0.3 is 5.03 Å². The molecule has 1 aromatic carbocycles. The second kappa shape index (κ2) is 5.66. The number of nitrogens with zero attached hydrogens (tertiary/aromatic N) is 3. The van der Waals surface area contributed by atoms with Crippen LogP contribution >= 0.6 is 11.6 Å². The van der Waals surface area contributed by atoms with E-state index in [9.17, 15) is 4.91 Å². The van der Waals surface area contributed by atoms with Crippen LogP contribution in [0.5, 0.6) is 0 Å². The van der Waals surface area contributed by atoms with Gasteiger partial charge in [0.1, 0.15) is 4.91 Å². The Morgan fingerprint density at radius 3 is 2.69 bits per heavy atom. The van der Waals surface area contributed by atoms with Crippen LogP contribution in [0, 0.1) is 4.91 Å². The molecule has 16 heavy (non-hydrogen) atoms. The maximum atomic E-state index is 10.1. The second-order valence-electron chi connectivity index (χ2n) is 2.67. The molecule has 0 aliphatic heterocycles. The summed E-state index contributed by atoms with van der Waals surface area (Å²) in [6.45, 7) is 0. The van der Waals surface area contributed by atoms with Crippen molar-refractivity contribution in [3.63, 3.8) is 0 Å². The van der Waals surface area contributed by atoms with Gasteiger partial charge in [-0.15, -0.1) is 5.10 Å². The Morgan fingerprint density at radius 2 is 2.12 bits per heavy atom. The molecule has 84 valence electrons. The van der Waals surface area contributed by atoms with Crippen LogP contribution in [0.3, 0.4) is 0 Å². The molecular formula is C8H9ClN5O2+. The molecule has 0 radical (unpaired) electrons. The lowest BCUT2D eigenvalue weighted by Gasteiger charge is -1.91. The van der Waals surface area contributed by atoms with Crippen LogP contribution in [-0.2, 0) is 0 Å². The Balaban J connectivity index is 2.60. The molecule has 0 aliphatic rings. The van der Waals surface area contributed by atoms with Crippen LogP contribution in [-0.4, -0.2) is 22.4 Å². The third kappa shape index (κ3) is 4.38. The molecule has 0 heterocycles. The fourth-order valence-corrected chi connectivity index (χ4v) is 0.953. The molecule has 0 aromatic heterocycles. The van der Waals surface area contributed by atoms with E-state index in [0.29, 0.717) is 5.02 Å². The Kier molecular flexibility index (Phi) is 4.22. The first-order valence-corrected chi connectivity index (χ1v) is 4.50. The SMILES string of the molecule is N/C(=N\N=C\c1ccc(Cl)cc1)N[N+](=O)O. The van der Waals surface area contributed by atoms with Gasteiger partial charge in [0.2, 0.25) is 0 Å². The van der Waals surface area contributed by atoms with E-state index in [4.69, 9.17) is 22.5 Å². The lowest BCUT2D eigenvalue weighted by Crippen LogP contribution is -2.36. The number of hydrogen-bond donors (Lipinski definition) is 3. The maximum Gasteiger partial charge on any atom is 0.362 e. The molecule has 8 heteroatoms. The van der Waals surface area contributed by atoms with Gasteiger partial charge in [0.05, 0.1) is 6.21 Å². The van der Waals surface area contributed by atoms with Gasteiger partial charge in [-0.2, -0.15) is 5.10 Å². The molecule has 0 saturated carbocycles. The molecule has 1 aromatic rings. The minimum atomic E-state index is -0.573. The number of rotatable bonds is 3. The minimum Gasteiger partial charge on any atom is -0.364 e. The average molecular weight is 243 g/mol. The molecule has 7 nitrogen and oxygen atoms in total. The zero-order valence-corrected chi connectivity index (χ0v) is 8.80. The first-order valence-electron chi connectivity index (χ1n) is 4.13. The Labute approximate surface area is 95.7 Å². The van der Waals surface area contributed by atoms with Crippen molar-refractivity contribution in [2.45, 2.75) is 0 Å². The minimum absolute atomic E-state index is 0.331. The molecule has 0 spiro atoms. The highest BCUT2D eigenvalue weighted by Gasteiger charge is 2.03. The molecule has 0 saturated heterocycles. The summed E-state index contributed by atoms with van der Waals surface area (Å²) in [5, 5.41) is 15.2. The van der Waals surface area contributed by atoms with E-state index in [2.05, 4.69) is 10.2 Å². The van der Waals surface area contributed by atoms with Crippen LogP contribution < -0.4 is 11.2 Å². The number of nitrogens with two attached hydrogens (primary N) is 1. The van der Waals surface area contributed by atoms with Gasteiger partial charge in [-0.3, -0.25) is 0 Å². The van der Waals surface area contributed by atoms with Gasteiger partial charge < -0.3 is 5.73 Å². The number of hydrazine groups is 1. The van der Waals surface area contributed by atoms with Gasteiger partial charge in [-0.05, 0) is 23.1 Å². The van der Waals surface area contributed by atoms with Gasteiger partial charge in [0, 0.05) is 5.02 Å². The van der Waals surface area contributed by atoms with E-state index < -0.39 is 5.03 Å². The van der Waals surface area contributed by atoms with Gasteiger partial charge in [-0.25, -0.2) is 5.21 Å². The summed E-state index contributed by atoms with van der Waals surface area (Å²) in [6.07, 6.45) is 1.41. The van der Waals surface area contributed by atoms with Crippen LogP contribution in [0.25, 0.3) is 0 Å². The van der Waals surface area contributed by atoms with Crippen molar-refractivity contribution in [3.05, 3.63) is 39.8 Å². The highest BCUT2D eigenvalue weighted by atomic mass is 35.5. The molecule has 0 fully saturated rings. The molecular weight excluding hydrogens is 234 g/mol. The van der Waals surface area contributed by atoms with Crippen molar-refractivity contribution >= 4 is 23.8 Å². The number of nitrogens with one attached hydrogen (secondary N) is 1. The van der Waals surface area contributed by atoms with Crippen molar-refractivity contribution in [1.82, 2.24) is 5.43 Å². The van der Waals surface area contributed by atoms with Gasteiger partial charge in [0.15, 0.2) is 0 Å². The first-order chi connectivity index (χ1) is 7.58. The molecule has 0 aliphatic carbocycles. The summed E-state index contributed by atoms with van der Waals surface area (Å²) in [7, 11) is 0. The summed E-state index contributed by atoms with van der Waals surface area (Å²) in [6, 6.07) is 6.86. The molecule has 0 atom stereocenters. The molecule has 1 rings (SSSR count). The lowest BCUT2D eigenvalue weighted by molar-refractivity contribution is -0.822. The molecule has 4 N–H and O–H groups in total. The predicted molar refractivity (Wildman–Crippen MR) is 59.2 cm³/mol. The fourth-order valence-electron chi connectivity index (χ4n) is 0.827. The Bertz CT molecular complexity index is 429. The highest BCUT2D eigenvalue weighted by molar-refractivity contribution is 6.30. The van der Waals surface area contributed by atoms with E-state index >= 15 is 0 Å². The van der Waals surface area contributed by atoms with Gasteiger partial charge in [-0.1, -0.05) is 23.7 Å². The third-order valence-corrected chi connectivity index (χ3v) is 1.70.